The van der Waals surface area contributed by atoms with Gasteiger partial charge in [0.2, 0.25) is 5.60 Å². The van der Waals surface area contributed by atoms with Gasteiger partial charge in [-0.25, -0.2) is 14.1 Å². The summed E-state index contributed by atoms with van der Waals surface area (Å²) in [6, 6.07) is 11.7. The Hall–Kier alpha value is -3.61. The van der Waals surface area contributed by atoms with Crippen LogP contribution in [0, 0.1) is 11.3 Å². The number of rotatable bonds is 13. The third-order valence-corrected chi connectivity index (χ3v) is 8.46. The number of hydrogen-bond donors (Lipinski definition) is 5. The zero-order chi connectivity index (χ0) is 30.3. The highest BCUT2D eigenvalue weighted by atomic mass is 31.2. The highest BCUT2D eigenvalue weighted by Crippen LogP contribution is 2.46. The minimum Gasteiger partial charge on any atom is -0.461 e. The number of nitrogen functional groups attached to an aromatic ring is 1. The molecule has 0 radical (unpaired) electrons. The van der Waals surface area contributed by atoms with Crippen molar-refractivity contribution in [1.29, 1.82) is 5.26 Å². The number of methoxy groups -OCH3 is 1. The van der Waals surface area contributed by atoms with Gasteiger partial charge in [-0.3, -0.25) is 9.32 Å². The van der Waals surface area contributed by atoms with Gasteiger partial charge >= 0.3 is 13.7 Å². The number of para-hydroxylation sites is 1. The number of ether oxygens (including phenoxy) is 2. The van der Waals surface area contributed by atoms with E-state index >= 15 is 0 Å². The number of hydrogen-bond acceptors (Lipinski definition) is 13. The van der Waals surface area contributed by atoms with E-state index in [-0.39, 0.29) is 23.4 Å². The highest BCUT2D eigenvalue weighted by molar-refractivity contribution is 7.52. The van der Waals surface area contributed by atoms with Gasteiger partial charge in [0.25, 0.3) is 0 Å². The van der Waals surface area contributed by atoms with Crippen LogP contribution >= 0.6 is 7.75 Å². The predicted molar refractivity (Wildman–Crippen MR) is 149 cm³/mol. The fourth-order valence-electron chi connectivity index (χ4n) is 4.38. The molecule has 42 heavy (non-hydrogen) atoms. The van der Waals surface area contributed by atoms with Crippen molar-refractivity contribution < 1.29 is 38.1 Å². The summed E-state index contributed by atoms with van der Waals surface area (Å²) in [6.45, 7) is 2.01. The average molecular weight is 604 g/mol. The number of fused-ring (bicyclic) bond motifs is 1. The molecule has 3 heterocycles. The van der Waals surface area contributed by atoms with Gasteiger partial charge in [0.05, 0.1) is 5.69 Å². The smallest absolute Gasteiger partial charge is 0.459 e. The van der Waals surface area contributed by atoms with Crippen LogP contribution in [0.4, 0.5) is 5.82 Å². The highest BCUT2D eigenvalue weighted by Gasteiger charge is 2.47. The molecule has 0 bridgehead atoms. The average Bonchev–Trinajstić information content (AvgIpc) is 3.44. The summed E-state index contributed by atoms with van der Waals surface area (Å²) in [6.07, 6.45) is -1.51. The van der Waals surface area contributed by atoms with E-state index in [9.17, 15) is 24.8 Å². The molecule has 0 amide bonds. The second-order valence-corrected chi connectivity index (χ2v) is 11.4. The molecule has 2 aromatic heterocycles. The monoisotopic (exact) mass is 603 g/mol. The van der Waals surface area contributed by atoms with Crippen molar-refractivity contribution in [1.82, 2.24) is 25.0 Å². The number of anilines is 1. The first-order chi connectivity index (χ1) is 20.1. The lowest BCUT2D eigenvalue weighted by Gasteiger charge is -2.34. The topological polar surface area (TPSA) is 216 Å². The Labute approximate surface area is 242 Å². The van der Waals surface area contributed by atoms with E-state index < -0.39 is 44.2 Å². The van der Waals surface area contributed by atoms with Gasteiger partial charge in [-0.05, 0) is 57.1 Å². The molecule has 5 atom stereocenters. The van der Waals surface area contributed by atoms with Crippen LogP contribution in [0.2, 0.25) is 0 Å². The largest absolute Gasteiger partial charge is 0.461 e. The first-order valence-corrected chi connectivity index (χ1v) is 14.7. The summed E-state index contributed by atoms with van der Waals surface area (Å²) in [4.78, 5) is 16.7. The number of esters is 1. The van der Waals surface area contributed by atoms with Gasteiger partial charge in [-0.2, -0.15) is 15.4 Å². The fourth-order valence-corrected chi connectivity index (χ4v) is 5.90. The standard InChI is InChI=1S/C26H34N7O8P/c1-17(25(36)40-18-10-12-29-13-11-18)32-42(37,41-19-6-4-3-5-7-19)39-15-26(14-27,38-2)23(35)22(34)20-8-9-21-24(28)30-16-31-33(20)21/h3-9,16-18,22-23,29,34-35H,10-13,15H2,1-2H3,(H,32,37)(H2,28,30,31)/t17-,22-,23-,26+,42?/m0/s1. The summed E-state index contributed by atoms with van der Waals surface area (Å²) < 4.78 is 37.4. The number of nitriles is 1. The third-order valence-electron chi connectivity index (χ3n) is 6.84. The molecule has 15 nitrogen and oxygen atoms in total. The molecule has 1 fully saturated rings. The Bertz CT molecular complexity index is 1450. The lowest BCUT2D eigenvalue weighted by Crippen LogP contribution is -2.50. The maximum absolute atomic E-state index is 14.0. The second-order valence-electron chi connectivity index (χ2n) is 9.71. The van der Waals surface area contributed by atoms with Crippen molar-refractivity contribution in [2.75, 3.05) is 32.5 Å². The summed E-state index contributed by atoms with van der Waals surface area (Å²) in [5.41, 5.74) is 4.05. The summed E-state index contributed by atoms with van der Waals surface area (Å²) in [7, 11) is -3.31. The molecule has 1 unspecified atom stereocenters. The maximum Gasteiger partial charge on any atom is 0.459 e. The zero-order valence-corrected chi connectivity index (χ0v) is 24.0. The van der Waals surface area contributed by atoms with Crippen molar-refractivity contribution in [2.24, 2.45) is 0 Å². The number of aliphatic hydroxyl groups is 2. The molecular weight excluding hydrogens is 569 g/mol. The van der Waals surface area contributed by atoms with E-state index in [4.69, 9.17) is 24.3 Å². The molecule has 1 aliphatic rings. The number of carbonyl (C=O) groups is 1. The molecular formula is C26H34N7O8P. The molecule has 0 spiro atoms. The van der Waals surface area contributed by atoms with Crippen LogP contribution in [0.1, 0.15) is 31.6 Å². The van der Waals surface area contributed by atoms with Crippen LogP contribution in [0.25, 0.3) is 5.52 Å². The predicted octanol–water partition coefficient (Wildman–Crippen LogP) is 1.09. The van der Waals surface area contributed by atoms with E-state index in [1.54, 1.807) is 18.2 Å². The van der Waals surface area contributed by atoms with Gasteiger partial charge < -0.3 is 35.3 Å². The summed E-state index contributed by atoms with van der Waals surface area (Å²) >= 11 is 0. The van der Waals surface area contributed by atoms with Crippen molar-refractivity contribution in [3.8, 4) is 11.8 Å². The van der Waals surface area contributed by atoms with Crippen LogP contribution < -0.4 is 20.7 Å². The number of benzene rings is 1. The molecule has 16 heteroatoms. The van der Waals surface area contributed by atoms with E-state index in [1.807, 2.05) is 6.07 Å². The van der Waals surface area contributed by atoms with Crippen molar-refractivity contribution >= 4 is 25.1 Å². The SMILES string of the molecule is CO[C@](C#N)(COP(=O)(N[C@@H](C)C(=O)OC1CCNCC1)Oc1ccccc1)[C@@H](O)[C@@H](O)c1ccc2c(N)ncnn12. The molecule has 0 saturated carbocycles. The number of aromatic nitrogens is 3. The Morgan fingerprint density at radius 1 is 1.29 bits per heavy atom. The van der Waals surface area contributed by atoms with Gasteiger partial charge in [0.15, 0.2) is 5.82 Å². The number of nitrogens with one attached hydrogen (secondary N) is 2. The fraction of sp³-hybridized carbons (Fsp3) is 0.462. The minimum atomic E-state index is -4.43. The van der Waals surface area contributed by atoms with E-state index in [1.165, 1.54) is 42.0 Å². The molecule has 0 aliphatic carbocycles. The van der Waals surface area contributed by atoms with Gasteiger partial charge in [-0.15, -0.1) is 0 Å². The van der Waals surface area contributed by atoms with Crippen LogP contribution in [0.5, 0.6) is 5.75 Å². The Morgan fingerprint density at radius 3 is 2.67 bits per heavy atom. The molecule has 226 valence electrons. The lowest BCUT2D eigenvalue weighted by atomic mass is 9.93. The van der Waals surface area contributed by atoms with Gasteiger partial charge in [-0.1, -0.05) is 18.2 Å². The molecule has 6 N–H and O–H groups in total. The number of piperidine rings is 1. The Morgan fingerprint density at radius 2 is 2.00 bits per heavy atom. The first-order valence-electron chi connectivity index (χ1n) is 13.2. The van der Waals surface area contributed by atoms with Crippen molar-refractivity contribution in [3.05, 3.63) is 54.5 Å². The maximum atomic E-state index is 14.0. The van der Waals surface area contributed by atoms with Gasteiger partial charge in [0, 0.05) is 7.11 Å². The van der Waals surface area contributed by atoms with E-state index in [0.29, 0.717) is 31.4 Å². The Kier molecular flexibility index (Phi) is 10.1. The van der Waals surface area contributed by atoms with E-state index in [2.05, 4.69) is 20.5 Å². The van der Waals surface area contributed by atoms with E-state index in [0.717, 1.165) is 7.11 Å². The van der Waals surface area contributed by atoms with Gasteiger partial charge in [0.1, 0.15) is 54.6 Å². The minimum absolute atomic E-state index is 0.0828. The molecule has 1 aliphatic heterocycles. The van der Waals surface area contributed by atoms with Crippen LogP contribution in [0.3, 0.4) is 0 Å². The second kappa shape index (κ2) is 13.6. The third kappa shape index (κ3) is 7.05. The van der Waals surface area contributed by atoms with Crippen molar-refractivity contribution in [2.45, 2.75) is 49.7 Å². The quantitative estimate of drug-likeness (QED) is 0.137. The number of nitrogens with two attached hydrogens (primary N) is 1. The van der Waals surface area contributed by atoms with Crippen LogP contribution in [-0.4, -0.2) is 81.4 Å². The van der Waals surface area contributed by atoms with Crippen LogP contribution in [-0.2, 0) is 23.4 Å². The zero-order valence-electron chi connectivity index (χ0n) is 23.1. The number of nitrogens with zero attached hydrogens (tertiary/aromatic N) is 4. The normalized spacial score (nSPS) is 19.1. The first kappa shape index (κ1) is 31.3. The van der Waals surface area contributed by atoms with Crippen LogP contribution in [0.15, 0.2) is 48.8 Å². The lowest BCUT2D eigenvalue weighted by molar-refractivity contribution is -0.152. The summed E-state index contributed by atoms with van der Waals surface area (Å²) in [5.74, 6) is -0.389. The molecule has 4 rings (SSSR count). The molecule has 3 aromatic rings. The summed E-state index contributed by atoms with van der Waals surface area (Å²) in [5, 5.41) is 42.1. The molecule has 1 saturated heterocycles. The number of aliphatic hydroxyl groups excluding tert-OH is 2. The van der Waals surface area contributed by atoms with Crippen molar-refractivity contribution in [3.63, 3.8) is 0 Å². The number of carbonyl (C=O) groups excluding carboxylic acids is 1. The molecule has 1 aromatic carbocycles. The Balaban J connectivity index is 1.54.